The summed E-state index contributed by atoms with van der Waals surface area (Å²) in [6.07, 6.45) is 3.14. The number of nitrogens with one attached hydrogen (secondary N) is 1. The molecule has 0 bridgehead atoms. The Morgan fingerprint density at radius 3 is 2.46 bits per heavy atom. The smallest absolute Gasteiger partial charge is 0.255 e. The second-order valence-corrected chi connectivity index (χ2v) is 3.25. The SMILES string of the molecule is CC(C)(O)C(=O)Nc1ccncc1. The summed E-state index contributed by atoms with van der Waals surface area (Å²) < 4.78 is 0. The Labute approximate surface area is 76.6 Å². The summed E-state index contributed by atoms with van der Waals surface area (Å²) in [5.41, 5.74) is -0.731. The Morgan fingerprint density at radius 1 is 1.46 bits per heavy atom. The number of aromatic nitrogens is 1. The molecule has 0 saturated carbocycles. The van der Waals surface area contributed by atoms with E-state index < -0.39 is 11.5 Å². The highest BCUT2D eigenvalue weighted by molar-refractivity contribution is 5.96. The normalized spacial score (nSPS) is 11.0. The number of pyridine rings is 1. The molecule has 0 aliphatic rings. The maximum Gasteiger partial charge on any atom is 0.255 e. The molecule has 0 aliphatic carbocycles. The first kappa shape index (κ1) is 9.67. The first-order valence-electron chi connectivity index (χ1n) is 3.94. The zero-order valence-electron chi connectivity index (χ0n) is 7.61. The first-order chi connectivity index (χ1) is 6.00. The van der Waals surface area contributed by atoms with Gasteiger partial charge in [-0.3, -0.25) is 9.78 Å². The second-order valence-electron chi connectivity index (χ2n) is 3.25. The van der Waals surface area contributed by atoms with Crippen LogP contribution in [0.15, 0.2) is 24.5 Å². The van der Waals surface area contributed by atoms with E-state index in [1.165, 1.54) is 13.8 Å². The van der Waals surface area contributed by atoms with Gasteiger partial charge in [-0.1, -0.05) is 0 Å². The monoisotopic (exact) mass is 180 g/mol. The van der Waals surface area contributed by atoms with Crippen LogP contribution in [-0.2, 0) is 4.79 Å². The van der Waals surface area contributed by atoms with Crippen molar-refractivity contribution in [1.82, 2.24) is 4.98 Å². The van der Waals surface area contributed by atoms with Gasteiger partial charge in [0.2, 0.25) is 0 Å². The number of anilines is 1. The lowest BCUT2D eigenvalue weighted by molar-refractivity contribution is -0.130. The van der Waals surface area contributed by atoms with Crippen LogP contribution in [0.3, 0.4) is 0 Å². The van der Waals surface area contributed by atoms with E-state index in [2.05, 4.69) is 10.3 Å². The maximum atomic E-state index is 11.3. The van der Waals surface area contributed by atoms with Gasteiger partial charge in [-0.05, 0) is 26.0 Å². The lowest BCUT2D eigenvalue weighted by Gasteiger charge is -2.16. The highest BCUT2D eigenvalue weighted by Gasteiger charge is 2.23. The zero-order chi connectivity index (χ0) is 9.90. The maximum absolute atomic E-state index is 11.3. The van der Waals surface area contributed by atoms with Gasteiger partial charge >= 0.3 is 0 Å². The molecule has 4 heteroatoms. The number of amides is 1. The average Bonchev–Trinajstić information content (AvgIpc) is 2.04. The molecule has 0 unspecified atom stereocenters. The van der Waals surface area contributed by atoms with Gasteiger partial charge < -0.3 is 10.4 Å². The minimum absolute atomic E-state index is 0.432. The van der Waals surface area contributed by atoms with Gasteiger partial charge in [0, 0.05) is 18.1 Å². The van der Waals surface area contributed by atoms with Crippen molar-refractivity contribution in [2.24, 2.45) is 0 Å². The second kappa shape index (κ2) is 3.53. The van der Waals surface area contributed by atoms with E-state index in [0.29, 0.717) is 5.69 Å². The van der Waals surface area contributed by atoms with Gasteiger partial charge in [0.15, 0.2) is 0 Å². The van der Waals surface area contributed by atoms with Gasteiger partial charge in [-0.15, -0.1) is 0 Å². The predicted octanol–water partition coefficient (Wildman–Crippen LogP) is 0.791. The lowest BCUT2D eigenvalue weighted by atomic mass is 10.1. The molecule has 0 atom stereocenters. The van der Waals surface area contributed by atoms with Crippen LogP contribution >= 0.6 is 0 Å². The van der Waals surface area contributed by atoms with Crippen LogP contribution in [0.5, 0.6) is 0 Å². The number of rotatable bonds is 2. The molecule has 1 rings (SSSR count). The molecule has 13 heavy (non-hydrogen) atoms. The summed E-state index contributed by atoms with van der Waals surface area (Å²) in [7, 11) is 0. The first-order valence-corrected chi connectivity index (χ1v) is 3.94. The summed E-state index contributed by atoms with van der Waals surface area (Å²) in [6, 6.07) is 3.31. The molecule has 2 N–H and O–H groups in total. The number of nitrogens with zero attached hydrogens (tertiary/aromatic N) is 1. The van der Waals surface area contributed by atoms with Crippen LogP contribution in [0.1, 0.15) is 13.8 Å². The quantitative estimate of drug-likeness (QED) is 0.707. The van der Waals surface area contributed by atoms with Gasteiger partial charge in [-0.25, -0.2) is 0 Å². The van der Waals surface area contributed by atoms with Gasteiger partial charge in [0.25, 0.3) is 5.91 Å². The molecule has 0 radical (unpaired) electrons. The van der Waals surface area contributed by atoms with Crippen molar-refractivity contribution >= 4 is 11.6 Å². The summed E-state index contributed by atoms with van der Waals surface area (Å²) in [6.45, 7) is 2.87. The topological polar surface area (TPSA) is 62.2 Å². The molecule has 0 aliphatic heterocycles. The van der Waals surface area contributed by atoms with Crippen molar-refractivity contribution in [3.8, 4) is 0 Å². The number of aliphatic hydroxyl groups is 1. The fourth-order valence-corrected chi connectivity index (χ4v) is 0.719. The van der Waals surface area contributed by atoms with E-state index in [1.807, 2.05) is 0 Å². The molecule has 1 heterocycles. The number of hydrogen-bond donors (Lipinski definition) is 2. The molecular weight excluding hydrogens is 168 g/mol. The minimum atomic E-state index is -1.36. The van der Waals surface area contributed by atoms with E-state index >= 15 is 0 Å². The molecule has 1 aromatic heterocycles. The molecular formula is C9H12N2O2. The van der Waals surface area contributed by atoms with Crippen molar-refractivity contribution in [3.63, 3.8) is 0 Å². The van der Waals surface area contributed by atoms with Gasteiger partial charge in [0.1, 0.15) is 5.60 Å². The predicted molar refractivity (Wildman–Crippen MR) is 49.2 cm³/mol. The van der Waals surface area contributed by atoms with E-state index in [0.717, 1.165) is 0 Å². The third-order valence-corrected chi connectivity index (χ3v) is 1.49. The fraction of sp³-hybridized carbons (Fsp3) is 0.333. The number of hydrogen-bond acceptors (Lipinski definition) is 3. The Hall–Kier alpha value is -1.42. The third-order valence-electron chi connectivity index (χ3n) is 1.49. The summed E-state index contributed by atoms with van der Waals surface area (Å²) in [5, 5.41) is 11.9. The molecule has 1 amide bonds. The number of carbonyl (C=O) groups excluding carboxylic acids is 1. The van der Waals surface area contributed by atoms with Crippen LogP contribution in [-0.4, -0.2) is 21.6 Å². The van der Waals surface area contributed by atoms with Crippen LogP contribution in [0.2, 0.25) is 0 Å². The Kier molecular flexibility index (Phi) is 2.63. The summed E-state index contributed by atoms with van der Waals surface area (Å²) in [4.78, 5) is 15.1. The largest absolute Gasteiger partial charge is 0.381 e. The molecule has 0 fully saturated rings. The minimum Gasteiger partial charge on any atom is -0.381 e. The summed E-state index contributed by atoms with van der Waals surface area (Å²) in [5.74, 6) is -0.432. The Bertz CT molecular complexity index is 290. The highest BCUT2D eigenvalue weighted by atomic mass is 16.3. The zero-order valence-corrected chi connectivity index (χ0v) is 7.61. The van der Waals surface area contributed by atoms with E-state index in [1.54, 1.807) is 24.5 Å². The van der Waals surface area contributed by atoms with Crippen molar-refractivity contribution in [2.75, 3.05) is 5.32 Å². The van der Waals surface area contributed by atoms with Gasteiger partial charge in [-0.2, -0.15) is 0 Å². The molecule has 70 valence electrons. The van der Waals surface area contributed by atoms with Crippen molar-refractivity contribution in [1.29, 1.82) is 0 Å². The van der Waals surface area contributed by atoms with Crippen molar-refractivity contribution < 1.29 is 9.90 Å². The van der Waals surface area contributed by atoms with Crippen molar-refractivity contribution in [3.05, 3.63) is 24.5 Å². The molecule has 4 nitrogen and oxygen atoms in total. The average molecular weight is 180 g/mol. The van der Waals surface area contributed by atoms with Crippen LogP contribution < -0.4 is 5.32 Å². The summed E-state index contributed by atoms with van der Waals surface area (Å²) >= 11 is 0. The lowest BCUT2D eigenvalue weighted by Crippen LogP contribution is -2.36. The highest BCUT2D eigenvalue weighted by Crippen LogP contribution is 2.08. The van der Waals surface area contributed by atoms with Crippen molar-refractivity contribution in [2.45, 2.75) is 19.4 Å². The van der Waals surface area contributed by atoms with E-state index in [9.17, 15) is 9.90 Å². The molecule has 0 saturated heterocycles. The van der Waals surface area contributed by atoms with Crippen LogP contribution in [0.25, 0.3) is 0 Å². The van der Waals surface area contributed by atoms with E-state index in [-0.39, 0.29) is 0 Å². The van der Waals surface area contributed by atoms with Crippen LogP contribution in [0, 0.1) is 0 Å². The van der Waals surface area contributed by atoms with Crippen LogP contribution in [0.4, 0.5) is 5.69 Å². The molecule has 1 aromatic rings. The molecule has 0 aromatic carbocycles. The standard InChI is InChI=1S/C9H12N2O2/c1-9(2,13)8(12)11-7-3-5-10-6-4-7/h3-6,13H,1-2H3,(H,10,11,12). The fourth-order valence-electron chi connectivity index (χ4n) is 0.719. The van der Waals surface area contributed by atoms with E-state index in [4.69, 9.17) is 0 Å². The van der Waals surface area contributed by atoms with Gasteiger partial charge in [0.05, 0.1) is 0 Å². The molecule has 0 spiro atoms. The Balaban J connectivity index is 2.66. The number of carbonyl (C=O) groups is 1. The Morgan fingerprint density at radius 2 is 2.00 bits per heavy atom. The third kappa shape index (κ3) is 2.83.